The highest BCUT2D eigenvalue weighted by atomic mass is 127. The van der Waals surface area contributed by atoms with E-state index in [0.717, 1.165) is 45.6 Å². The minimum Gasteiger partial charge on any atom is -0.357 e. The molecule has 1 aliphatic rings. The van der Waals surface area contributed by atoms with Crippen LogP contribution in [-0.4, -0.2) is 54.1 Å². The number of guanidine groups is 1. The van der Waals surface area contributed by atoms with E-state index in [1.165, 1.54) is 0 Å². The highest BCUT2D eigenvalue weighted by molar-refractivity contribution is 14.0. The number of hydrogen-bond acceptors (Lipinski definition) is 2. The van der Waals surface area contributed by atoms with Crippen molar-refractivity contribution in [3.8, 4) is 0 Å². The van der Waals surface area contributed by atoms with Gasteiger partial charge in [-0.05, 0) is 31.9 Å². The number of halogens is 1. The topological polar surface area (TPSA) is 61.7 Å². The molecule has 0 radical (unpaired) electrons. The smallest absolute Gasteiger partial charge is 0.244 e. The molecular weight excluding hydrogens is 393 g/mol. The van der Waals surface area contributed by atoms with E-state index < -0.39 is 0 Å². The standard InChI is InChI=1S/C15H25N5O.HI/c1-2-16-15(17-7-12-19-8-3-4-9-19)18-13-14(21)20-10-5-6-11-20;/h3-4,8-9H,2,5-7,10-13H2,1H3,(H2,16,17,18);1H. The lowest BCUT2D eigenvalue weighted by Crippen LogP contribution is -2.40. The van der Waals surface area contributed by atoms with Crippen LogP contribution in [0.25, 0.3) is 0 Å². The molecule has 6 nitrogen and oxygen atoms in total. The summed E-state index contributed by atoms with van der Waals surface area (Å²) in [6.07, 6.45) is 6.29. The second-order valence-electron chi connectivity index (χ2n) is 5.13. The van der Waals surface area contributed by atoms with Gasteiger partial charge in [-0.1, -0.05) is 0 Å². The van der Waals surface area contributed by atoms with Crippen molar-refractivity contribution in [3.63, 3.8) is 0 Å². The van der Waals surface area contributed by atoms with Gasteiger partial charge in [0.1, 0.15) is 6.54 Å². The molecule has 1 aromatic rings. The SMILES string of the molecule is CCNC(=NCC(=O)N1CCCC1)NCCn1cccc1.I. The molecule has 0 spiro atoms. The number of hydrogen-bond donors (Lipinski definition) is 2. The first-order valence-electron chi connectivity index (χ1n) is 7.70. The van der Waals surface area contributed by atoms with Crippen molar-refractivity contribution in [2.24, 2.45) is 4.99 Å². The molecule has 7 heteroatoms. The van der Waals surface area contributed by atoms with Gasteiger partial charge in [0, 0.05) is 45.1 Å². The van der Waals surface area contributed by atoms with E-state index in [4.69, 9.17) is 0 Å². The molecule has 1 fully saturated rings. The zero-order valence-electron chi connectivity index (χ0n) is 13.1. The van der Waals surface area contributed by atoms with E-state index in [-0.39, 0.29) is 36.4 Å². The molecule has 1 aliphatic heterocycles. The predicted molar refractivity (Wildman–Crippen MR) is 99.6 cm³/mol. The molecule has 0 aromatic carbocycles. The molecule has 1 saturated heterocycles. The van der Waals surface area contributed by atoms with Gasteiger partial charge in [0.2, 0.25) is 5.91 Å². The minimum absolute atomic E-state index is 0. The van der Waals surface area contributed by atoms with Crippen LogP contribution in [0.2, 0.25) is 0 Å². The van der Waals surface area contributed by atoms with Crippen LogP contribution in [0.3, 0.4) is 0 Å². The fourth-order valence-corrected chi connectivity index (χ4v) is 2.38. The van der Waals surface area contributed by atoms with Gasteiger partial charge in [0.05, 0.1) is 0 Å². The van der Waals surface area contributed by atoms with Gasteiger partial charge in [0.25, 0.3) is 0 Å². The normalized spacial score (nSPS) is 14.6. The summed E-state index contributed by atoms with van der Waals surface area (Å²) >= 11 is 0. The molecule has 0 unspecified atom stereocenters. The quantitative estimate of drug-likeness (QED) is 0.415. The summed E-state index contributed by atoms with van der Waals surface area (Å²) in [6, 6.07) is 4.02. The van der Waals surface area contributed by atoms with E-state index in [1.807, 2.05) is 36.4 Å². The molecule has 0 aliphatic carbocycles. The number of carbonyl (C=O) groups is 1. The van der Waals surface area contributed by atoms with Gasteiger partial charge >= 0.3 is 0 Å². The van der Waals surface area contributed by atoms with E-state index in [2.05, 4.69) is 20.2 Å². The van der Waals surface area contributed by atoms with Crippen molar-refractivity contribution >= 4 is 35.8 Å². The number of aliphatic imine (C=N–C) groups is 1. The third-order valence-corrected chi connectivity index (χ3v) is 3.50. The van der Waals surface area contributed by atoms with Crippen LogP contribution in [0.4, 0.5) is 0 Å². The van der Waals surface area contributed by atoms with Crippen LogP contribution in [0.5, 0.6) is 0 Å². The molecule has 0 saturated carbocycles. The largest absolute Gasteiger partial charge is 0.357 e. The maximum Gasteiger partial charge on any atom is 0.244 e. The Labute approximate surface area is 149 Å². The monoisotopic (exact) mass is 419 g/mol. The Hall–Kier alpha value is -1.25. The van der Waals surface area contributed by atoms with E-state index in [0.29, 0.717) is 5.96 Å². The number of aromatic nitrogens is 1. The van der Waals surface area contributed by atoms with E-state index in [1.54, 1.807) is 0 Å². The van der Waals surface area contributed by atoms with Crippen LogP contribution in [0, 0.1) is 0 Å². The Morgan fingerprint density at radius 1 is 1.18 bits per heavy atom. The molecule has 2 heterocycles. The number of nitrogens with zero attached hydrogens (tertiary/aromatic N) is 3. The lowest BCUT2D eigenvalue weighted by Gasteiger charge is -2.15. The number of rotatable bonds is 6. The van der Waals surface area contributed by atoms with Crippen molar-refractivity contribution < 1.29 is 4.79 Å². The Balaban J connectivity index is 0.00000242. The molecule has 124 valence electrons. The summed E-state index contributed by atoms with van der Waals surface area (Å²) in [7, 11) is 0. The second-order valence-corrected chi connectivity index (χ2v) is 5.13. The van der Waals surface area contributed by atoms with Crippen molar-refractivity contribution in [1.29, 1.82) is 0 Å². The summed E-state index contributed by atoms with van der Waals surface area (Å²) in [4.78, 5) is 18.2. The lowest BCUT2D eigenvalue weighted by molar-refractivity contribution is -0.128. The molecule has 2 N–H and O–H groups in total. The number of likely N-dealkylation sites (tertiary alicyclic amines) is 1. The zero-order valence-corrected chi connectivity index (χ0v) is 15.5. The van der Waals surface area contributed by atoms with Crippen molar-refractivity contribution in [2.45, 2.75) is 26.3 Å². The Morgan fingerprint density at radius 3 is 2.50 bits per heavy atom. The predicted octanol–water partition coefficient (Wildman–Crippen LogP) is 1.28. The van der Waals surface area contributed by atoms with E-state index in [9.17, 15) is 4.79 Å². The highest BCUT2D eigenvalue weighted by Crippen LogP contribution is 2.07. The van der Waals surface area contributed by atoms with Crippen molar-refractivity contribution in [2.75, 3.05) is 32.7 Å². The maximum absolute atomic E-state index is 12.0. The summed E-state index contributed by atoms with van der Waals surface area (Å²) in [5, 5.41) is 6.42. The fourth-order valence-electron chi connectivity index (χ4n) is 2.38. The zero-order chi connectivity index (χ0) is 14.9. The highest BCUT2D eigenvalue weighted by Gasteiger charge is 2.17. The second kappa shape index (κ2) is 10.5. The van der Waals surface area contributed by atoms with Gasteiger partial charge < -0.3 is 20.1 Å². The minimum atomic E-state index is 0. The van der Waals surface area contributed by atoms with Gasteiger partial charge in [0.15, 0.2) is 5.96 Å². The van der Waals surface area contributed by atoms with Gasteiger partial charge in [-0.25, -0.2) is 4.99 Å². The molecule has 1 aromatic heterocycles. The van der Waals surface area contributed by atoms with Gasteiger partial charge in [-0.3, -0.25) is 4.79 Å². The molecule has 22 heavy (non-hydrogen) atoms. The van der Waals surface area contributed by atoms with Crippen LogP contribution in [0.15, 0.2) is 29.5 Å². The van der Waals surface area contributed by atoms with Gasteiger partial charge in [-0.2, -0.15) is 0 Å². The Kier molecular flexibility index (Phi) is 8.95. The molecular formula is C15H26IN5O. The third-order valence-electron chi connectivity index (χ3n) is 3.50. The maximum atomic E-state index is 12.0. The average Bonchev–Trinajstić information content (AvgIpc) is 3.17. The molecule has 1 amide bonds. The number of amides is 1. The average molecular weight is 419 g/mol. The van der Waals surface area contributed by atoms with Crippen LogP contribution >= 0.6 is 24.0 Å². The first kappa shape index (κ1) is 18.8. The number of carbonyl (C=O) groups excluding carboxylic acids is 1. The van der Waals surface area contributed by atoms with Crippen LogP contribution < -0.4 is 10.6 Å². The summed E-state index contributed by atoms with van der Waals surface area (Å²) in [5.41, 5.74) is 0. The molecule has 0 bridgehead atoms. The van der Waals surface area contributed by atoms with Gasteiger partial charge in [-0.15, -0.1) is 24.0 Å². The number of nitrogens with one attached hydrogen (secondary N) is 2. The third kappa shape index (κ3) is 6.25. The molecule has 0 atom stereocenters. The first-order valence-corrected chi connectivity index (χ1v) is 7.70. The van der Waals surface area contributed by atoms with E-state index >= 15 is 0 Å². The molecule has 2 rings (SSSR count). The Bertz CT molecular complexity index is 455. The first-order chi connectivity index (χ1) is 10.3. The van der Waals surface area contributed by atoms with Crippen molar-refractivity contribution in [1.82, 2.24) is 20.1 Å². The van der Waals surface area contributed by atoms with Crippen molar-refractivity contribution in [3.05, 3.63) is 24.5 Å². The fraction of sp³-hybridized carbons (Fsp3) is 0.600. The Morgan fingerprint density at radius 2 is 1.86 bits per heavy atom. The summed E-state index contributed by atoms with van der Waals surface area (Å²) in [5.74, 6) is 0.826. The summed E-state index contributed by atoms with van der Waals surface area (Å²) < 4.78 is 2.10. The summed E-state index contributed by atoms with van der Waals surface area (Å²) in [6.45, 7) is 6.44. The van der Waals surface area contributed by atoms with Crippen LogP contribution in [-0.2, 0) is 11.3 Å². The van der Waals surface area contributed by atoms with Crippen LogP contribution in [0.1, 0.15) is 19.8 Å². The lowest BCUT2D eigenvalue weighted by atomic mass is 10.4.